The minimum absolute atomic E-state index is 0.0240. The summed E-state index contributed by atoms with van der Waals surface area (Å²) in [6.07, 6.45) is 1.68. The molecule has 0 aromatic heterocycles. The lowest BCUT2D eigenvalue weighted by Crippen LogP contribution is -2.09. The Hall–Kier alpha value is -3.07. The second-order valence-electron chi connectivity index (χ2n) is 5.58. The van der Waals surface area contributed by atoms with Crippen molar-refractivity contribution in [3.63, 3.8) is 0 Å². The summed E-state index contributed by atoms with van der Waals surface area (Å²) in [5.41, 5.74) is 1.91. The van der Waals surface area contributed by atoms with Gasteiger partial charge in [0.25, 0.3) is 0 Å². The monoisotopic (exact) mass is 395 g/mol. The summed E-state index contributed by atoms with van der Waals surface area (Å²) in [4.78, 5) is 0.0425. The van der Waals surface area contributed by atoms with Crippen molar-refractivity contribution in [3.8, 4) is 11.8 Å². The number of nitrogens with zero attached hydrogens (tertiary/aromatic N) is 1. The van der Waals surface area contributed by atoms with Gasteiger partial charge in [0.05, 0.1) is 16.7 Å². The van der Waals surface area contributed by atoms with Crippen LogP contribution in [0.15, 0.2) is 83.8 Å². The number of allylic oxidation sites excluding steroid dienone is 1. The highest BCUT2D eigenvalue weighted by atomic mass is 35.5. The molecule has 0 aliphatic carbocycles. The van der Waals surface area contributed by atoms with Gasteiger partial charge in [-0.3, -0.25) is 0 Å². The Bertz CT molecular complexity index is 1120. The van der Waals surface area contributed by atoms with E-state index in [1.165, 1.54) is 18.2 Å². The van der Waals surface area contributed by atoms with Crippen LogP contribution >= 0.6 is 11.6 Å². The molecule has 0 aliphatic rings. The quantitative estimate of drug-likeness (QED) is 0.339. The van der Waals surface area contributed by atoms with E-state index in [2.05, 4.69) is 6.07 Å². The molecule has 4 nitrogen and oxygen atoms in total. The molecule has 0 amide bonds. The van der Waals surface area contributed by atoms with Gasteiger partial charge in [0, 0.05) is 0 Å². The zero-order chi connectivity index (χ0) is 19.3. The minimum atomic E-state index is -3.97. The van der Waals surface area contributed by atoms with E-state index in [4.69, 9.17) is 15.8 Å². The number of benzene rings is 3. The maximum Gasteiger partial charge on any atom is 0.339 e. The third-order valence-corrected chi connectivity index (χ3v) is 5.25. The molecule has 0 radical (unpaired) electrons. The van der Waals surface area contributed by atoms with Crippen molar-refractivity contribution in [3.05, 3.63) is 95.0 Å². The predicted octanol–water partition coefficient (Wildman–Crippen LogP) is 5.17. The fraction of sp³-hybridized carbons (Fsp3) is 0. The standard InChI is InChI=1S/C21H14ClNO3S/c22-20-14-16(13-18(15-23)17-7-3-1-4-8-17)11-12-21(20)26-27(24,25)19-9-5-2-6-10-19/h1-14H/b18-13+. The van der Waals surface area contributed by atoms with Gasteiger partial charge in [0.1, 0.15) is 4.90 Å². The molecule has 0 fully saturated rings. The summed E-state index contributed by atoms with van der Waals surface area (Å²) in [5.74, 6) is 0.0240. The highest BCUT2D eigenvalue weighted by Crippen LogP contribution is 2.30. The number of hydrogen-bond acceptors (Lipinski definition) is 4. The first-order valence-electron chi connectivity index (χ1n) is 7.96. The molecule has 0 heterocycles. The zero-order valence-electron chi connectivity index (χ0n) is 14.0. The first-order valence-corrected chi connectivity index (χ1v) is 9.74. The lowest BCUT2D eigenvalue weighted by Gasteiger charge is -2.09. The summed E-state index contributed by atoms with van der Waals surface area (Å²) in [7, 11) is -3.97. The van der Waals surface area contributed by atoms with Crippen LogP contribution in [0.3, 0.4) is 0 Å². The van der Waals surface area contributed by atoms with Gasteiger partial charge in [0.15, 0.2) is 5.75 Å². The van der Waals surface area contributed by atoms with E-state index in [9.17, 15) is 13.7 Å². The van der Waals surface area contributed by atoms with Gasteiger partial charge >= 0.3 is 10.1 Å². The molecular weight excluding hydrogens is 382 g/mol. The van der Waals surface area contributed by atoms with Crippen LogP contribution in [0, 0.1) is 11.3 Å². The molecule has 0 atom stereocenters. The highest BCUT2D eigenvalue weighted by molar-refractivity contribution is 7.87. The fourth-order valence-corrected chi connectivity index (χ4v) is 3.63. The predicted molar refractivity (Wildman–Crippen MR) is 106 cm³/mol. The Morgan fingerprint density at radius 2 is 1.59 bits per heavy atom. The van der Waals surface area contributed by atoms with E-state index in [1.807, 2.05) is 30.3 Å². The average Bonchev–Trinajstić information content (AvgIpc) is 2.69. The van der Waals surface area contributed by atoms with Gasteiger partial charge in [0.2, 0.25) is 0 Å². The molecule has 0 N–H and O–H groups in total. The molecule has 0 unspecified atom stereocenters. The molecule has 0 bridgehead atoms. The van der Waals surface area contributed by atoms with Crippen LogP contribution in [0.25, 0.3) is 11.6 Å². The van der Waals surface area contributed by atoms with Gasteiger partial charge in [-0.15, -0.1) is 0 Å². The number of rotatable bonds is 5. The Morgan fingerprint density at radius 1 is 0.963 bits per heavy atom. The largest absolute Gasteiger partial charge is 0.377 e. The van der Waals surface area contributed by atoms with Crippen molar-refractivity contribution in [1.29, 1.82) is 5.26 Å². The Balaban J connectivity index is 1.88. The second kappa shape index (κ2) is 8.09. The number of hydrogen-bond donors (Lipinski definition) is 0. The Labute approximate surface area is 163 Å². The normalized spacial score (nSPS) is 11.6. The van der Waals surface area contributed by atoms with Crippen LogP contribution in [0.4, 0.5) is 0 Å². The van der Waals surface area contributed by atoms with E-state index in [0.29, 0.717) is 11.1 Å². The molecule has 3 aromatic rings. The lowest BCUT2D eigenvalue weighted by atomic mass is 10.0. The molecular formula is C21H14ClNO3S. The van der Waals surface area contributed by atoms with Crippen LogP contribution in [-0.4, -0.2) is 8.42 Å². The van der Waals surface area contributed by atoms with E-state index in [1.54, 1.807) is 36.4 Å². The van der Waals surface area contributed by atoms with Gasteiger partial charge in [-0.2, -0.15) is 13.7 Å². The Kier molecular flexibility index (Phi) is 5.60. The smallest absolute Gasteiger partial charge is 0.339 e. The van der Waals surface area contributed by atoms with Crippen molar-refractivity contribution in [2.45, 2.75) is 4.90 Å². The third kappa shape index (κ3) is 4.56. The second-order valence-corrected chi connectivity index (χ2v) is 7.53. The molecule has 0 spiro atoms. The maximum absolute atomic E-state index is 12.3. The Morgan fingerprint density at radius 3 is 2.19 bits per heavy atom. The summed E-state index contributed by atoms with van der Waals surface area (Å²) in [5, 5.41) is 9.52. The molecule has 0 saturated heterocycles. The number of halogens is 1. The van der Waals surface area contributed by atoms with Gasteiger partial charge < -0.3 is 4.18 Å². The fourth-order valence-electron chi connectivity index (χ4n) is 2.39. The summed E-state index contributed by atoms with van der Waals surface area (Å²) >= 11 is 6.19. The van der Waals surface area contributed by atoms with Gasteiger partial charge in [-0.05, 0) is 41.5 Å². The van der Waals surface area contributed by atoms with Crippen molar-refractivity contribution in [2.75, 3.05) is 0 Å². The van der Waals surface area contributed by atoms with Crippen molar-refractivity contribution >= 4 is 33.4 Å². The van der Waals surface area contributed by atoms with E-state index >= 15 is 0 Å². The number of nitriles is 1. The first kappa shape index (κ1) is 18.7. The highest BCUT2D eigenvalue weighted by Gasteiger charge is 2.17. The van der Waals surface area contributed by atoms with Crippen molar-refractivity contribution < 1.29 is 12.6 Å². The van der Waals surface area contributed by atoms with Gasteiger partial charge in [-0.25, -0.2) is 0 Å². The van der Waals surface area contributed by atoms with Crippen molar-refractivity contribution in [1.82, 2.24) is 0 Å². The zero-order valence-corrected chi connectivity index (χ0v) is 15.6. The lowest BCUT2D eigenvalue weighted by molar-refractivity contribution is 0.486. The SMILES string of the molecule is N#C/C(=C\c1ccc(OS(=O)(=O)c2ccccc2)c(Cl)c1)c1ccccc1. The van der Waals surface area contributed by atoms with E-state index in [0.717, 1.165) is 5.56 Å². The van der Waals surface area contributed by atoms with Crippen molar-refractivity contribution in [2.24, 2.45) is 0 Å². The molecule has 27 heavy (non-hydrogen) atoms. The molecule has 134 valence electrons. The van der Waals surface area contributed by atoms with E-state index < -0.39 is 10.1 Å². The van der Waals surface area contributed by atoms with Gasteiger partial charge in [-0.1, -0.05) is 66.2 Å². The van der Waals surface area contributed by atoms with Crippen LogP contribution in [0.2, 0.25) is 5.02 Å². The van der Waals surface area contributed by atoms with Crippen LogP contribution in [0.5, 0.6) is 5.75 Å². The topological polar surface area (TPSA) is 67.2 Å². The molecule has 3 rings (SSSR count). The maximum atomic E-state index is 12.3. The average molecular weight is 396 g/mol. The van der Waals surface area contributed by atoms with Crippen LogP contribution in [0.1, 0.15) is 11.1 Å². The van der Waals surface area contributed by atoms with Crippen LogP contribution in [-0.2, 0) is 10.1 Å². The molecule has 6 heteroatoms. The third-order valence-electron chi connectivity index (χ3n) is 3.70. The summed E-state index contributed by atoms with van der Waals surface area (Å²) < 4.78 is 29.8. The molecule has 3 aromatic carbocycles. The molecule has 0 saturated carbocycles. The minimum Gasteiger partial charge on any atom is -0.377 e. The van der Waals surface area contributed by atoms with E-state index in [-0.39, 0.29) is 15.7 Å². The van der Waals surface area contributed by atoms with Crippen LogP contribution < -0.4 is 4.18 Å². The summed E-state index contributed by atoms with van der Waals surface area (Å²) in [6, 6.07) is 23.9. The molecule has 0 aliphatic heterocycles. The summed E-state index contributed by atoms with van der Waals surface area (Å²) in [6.45, 7) is 0. The first-order chi connectivity index (χ1) is 13.0.